The Labute approximate surface area is 168 Å². The van der Waals surface area contributed by atoms with Crippen LogP contribution >= 0.6 is 11.6 Å². The number of halogens is 4. The number of nitrogens with one attached hydrogen (secondary N) is 2. The molecule has 1 saturated heterocycles. The number of fused-ring (bicyclic) bond motifs is 1. The zero-order chi connectivity index (χ0) is 20.8. The van der Waals surface area contributed by atoms with Crippen molar-refractivity contribution in [2.24, 2.45) is 0 Å². The molecule has 29 heavy (non-hydrogen) atoms. The van der Waals surface area contributed by atoms with E-state index in [0.717, 1.165) is 10.9 Å². The molecular formula is C18H16ClF3N6O. The molecule has 152 valence electrons. The number of pyridine rings is 1. The van der Waals surface area contributed by atoms with Gasteiger partial charge >= 0.3 is 6.18 Å². The van der Waals surface area contributed by atoms with E-state index in [0.29, 0.717) is 35.1 Å². The van der Waals surface area contributed by atoms with Crippen molar-refractivity contribution >= 4 is 34.4 Å². The summed E-state index contributed by atoms with van der Waals surface area (Å²) in [5.74, 6) is -0.292. The van der Waals surface area contributed by atoms with Crippen LogP contribution in [0.3, 0.4) is 0 Å². The van der Waals surface area contributed by atoms with E-state index in [1.807, 2.05) is 5.32 Å². The predicted octanol–water partition coefficient (Wildman–Crippen LogP) is 3.32. The molecule has 11 heteroatoms. The van der Waals surface area contributed by atoms with Crippen LogP contribution in [-0.2, 0) is 4.79 Å². The van der Waals surface area contributed by atoms with Crippen LogP contribution < -0.4 is 10.2 Å². The minimum absolute atomic E-state index is 0.405. The third-order valence-corrected chi connectivity index (χ3v) is 5.24. The first-order chi connectivity index (χ1) is 13.7. The summed E-state index contributed by atoms with van der Waals surface area (Å²) in [6, 6.07) is 1.75. The Kier molecular flexibility index (Phi) is 4.60. The van der Waals surface area contributed by atoms with Crippen LogP contribution in [0.2, 0.25) is 5.02 Å². The Morgan fingerprint density at radius 2 is 2.17 bits per heavy atom. The molecule has 1 unspecified atom stereocenters. The third-order valence-electron chi connectivity index (χ3n) is 5.03. The highest BCUT2D eigenvalue weighted by molar-refractivity contribution is 6.31. The average molecular weight is 425 g/mol. The van der Waals surface area contributed by atoms with Gasteiger partial charge in [0.1, 0.15) is 23.5 Å². The van der Waals surface area contributed by atoms with Gasteiger partial charge in [0, 0.05) is 29.9 Å². The van der Waals surface area contributed by atoms with Crippen molar-refractivity contribution in [1.82, 2.24) is 25.3 Å². The summed E-state index contributed by atoms with van der Waals surface area (Å²) in [6.45, 7) is 0.700. The number of aromatic nitrogens is 4. The van der Waals surface area contributed by atoms with Gasteiger partial charge in [-0.3, -0.25) is 9.78 Å². The summed E-state index contributed by atoms with van der Waals surface area (Å²) in [5, 5.41) is 3.19. The Bertz CT molecular complexity index is 1080. The molecule has 3 aromatic heterocycles. The predicted molar refractivity (Wildman–Crippen MR) is 102 cm³/mol. The van der Waals surface area contributed by atoms with E-state index < -0.39 is 24.2 Å². The molecule has 7 nitrogen and oxygen atoms in total. The van der Waals surface area contributed by atoms with Crippen LogP contribution in [0.4, 0.5) is 19.0 Å². The van der Waals surface area contributed by atoms with Crippen molar-refractivity contribution in [2.45, 2.75) is 25.1 Å². The Morgan fingerprint density at radius 1 is 1.38 bits per heavy atom. The van der Waals surface area contributed by atoms with Gasteiger partial charge in [-0.05, 0) is 19.4 Å². The minimum atomic E-state index is -4.47. The van der Waals surface area contributed by atoms with Gasteiger partial charge in [-0.15, -0.1) is 0 Å². The number of carbonyl (C=O) groups excluding carboxylic acids is 1. The topological polar surface area (TPSA) is 86.8 Å². The number of alkyl halides is 3. The molecule has 1 aliphatic heterocycles. The molecule has 0 aliphatic carbocycles. The summed E-state index contributed by atoms with van der Waals surface area (Å²) in [5.41, 5.74) is 0.775. The zero-order valence-corrected chi connectivity index (χ0v) is 16.0. The van der Waals surface area contributed by atoms with E-state index in [4.69, 9.17) is 11.6 Å². The Balaban J connectivity index is 1.62. The van der Waals surface area contributed by atoms with Crippen LogP contribution in [0.15, 0.2) is 30.9 Å². The Hall–Kier alpha value is -2.88. The molecule has 0 spiro atoms. The van der Waals surface area contributed by atoms with Crippen molar-refractivity contribution in [3.05, 3.63) is 35.9 Å². The number of H-pyrrole nitrogens is 1. The van der Waals surface area contributed by atoms with Crippen LogP contribution in [-0.4, -0.2) is 50.6 Å². The smallest absolute Gasteiger partial charge is 0.345 e. The highest BCUT2D eigenvalue weighted by Crippen LogP contribution is 2.36. The maximum absolute atomic E-state index is 12.4. The van der Waals surface area contributed by atoms with Crippen molar-refractivity contribution in [3.8, 4) is 11.3 Å². The summed E-state index contributed by atoms with van der Waals surface area (Å²) in [4.78, 5) is 30.0. The maximum atomic E-state index is 12.4. The molecule has 1 aliphatic rings. The molecule has 1 atom stereocenters. The highest BCUT2D eigenvalue weighted by atomic mass is 35.5. The fourth-order valence-electron chi connectivity index (χ4n) is 3.34. The van der Waals surface area contributed by atoms with Crippen molar-refractivity contribution in [3.63, 3.8) is 0 Å². The van der Waals surface area contributed by atoms with Gasteiger partial charge in [0.15, 0.2) is 0 Å². The molecule has 0 aromatic carbocycles. The number of nitrogens with zero attached hydrogens (tertiary/aromatic N) is 4. The van der Waals surface area contributed by atoms with Crippen molar-refractivity contribution in [2.75, 3.05) is 18.0 Å². The minimum Gasteiger partial charge on any atom is -0.345 e. The highest BCUT2D eigenvalue weighted by Gasteiger charge is 2.48. The standard InChI is InChI=1S/C18H16ClF3N6O/c1-17(16(29)26-9-18(20,21)22)2-3-28(17)14-8-23-7-13(27-14)12-6-25-15-11(12)4-10(19)5-24-15/h4-8H,2-3,9H2,1H3,(H,24,25)(H,26,29). The van der Waals surface area contributed by atoms with Gasteiger partial charge in [0.05, 0.1) is 23.1 Å². The molecule has 0 bridgehead atoms. The number of anilines is 1. The summed E-state index contributed by atoms with van der Waals surface area (Å²) in [6.07, 6.45) is 2.25. The lowest BCUT2D eigenvalue weighted by Crippen LogP contribution is -2.67. The second-order valence-corrected chi connectivity index (χ2v) is 7.42. The van der Waals surface area contributed by atoms with Crippen LogP contribution in [0.25, 0.3) is 22.3 Å². The summed E-state index contributed by atoms with van der Waals surface area (Å²) < 4.78 is 37.3. The lowest BCUT2D eigenvalue weighted by molar-refractivity contribution is -0.142. The zero-order valence-electron chi connectivity index (χ0n) is 15.2. The van der Waals surface area contributed by atoms with E-state index in [1.165, 1.54) is 12.4 Å². The number of aromatic amines is 1. The van der Waals surface area contributed by atoms with E-state index in [2.05, 4.69) is 19.9 Å². The lowest BCUT2D eigenvalue weighted by atomic mass is 9.85. The first-order valence-electron chi connectivity index (χ1n) is 8.75. The second-order valence-electron chi connectivity index (χ2n) is 6.99. The SMILES string of the molecule is CC1(C(=O)NCC(F)(F)F)CCN1c1cncc(-c2c[nH]c3ncc(Cl)cc23)n1. The van der Waals surface area contributed by atoms with Gasteiger partial charge in [0.2, 0.25) is 5.91 Å². The average Bonchev–Trinajstić information content (AvgIpc) is 3.07. The van der Waals surface area contributed by atoms with E-state index in [-0.39, 0.29) is 0 Å². The number of amides is 1. The molecule has 2 N–H and O–H groups in total. The fourth-order valence-corrected chi connectivity index (χ4v) is 3.50. The quantitative estimate of drug-likeness (QED) is 0.671. The molecule has 1 fully saturated rings. The molecule has 0 saturated carbocycles. The maximum Gasteiger partial charge on any atom is 0.405 e. The van der Waals surface area contributed by atoms with Gasteiger partial charge in [-0.25, -0.2) is 9.97 Å². The lowest BCUT2D eigenvalue weighted by Gasteiger charge is -2.49. The summed E-state index contributed by atoms with van der Waals surface area (Å²) >= 11 is 6.04. The number of hydrogen-bond donors (Lipinski definition) is 2. The van der Waals surface area contributed by atoms with Crippen LogP contribution in [0.1, 0.15) is 13.3 Å². The van der Waals surface area contributed by atoms with Gasteiger partial charge in [-0.2, -0.15) is 13.2 Å². The fraction of sp³-hybridized carbons (Fsp3) is 0.333. The molecule has 3 aromatic rings. The first kappa shape index (κ1) is 19.4. The molecule has 4 rings (SSSR count). The van der Waals surface area contributed by atoms with Crippen molar-refractivity contribution in [1.29, 1.82) is 0 Å². The normalized spacial score (nSPS) is 19.3. The number of hydrogen-bond acceptors (Lipinski definition) is 5. The van der Waals surface area contributed by atoms with E-state index in [9.17, 15) is 18.0 Å². The molecule has 1 amide bonds. The molecule has 4 heterocycles. The van der Waals surface area contributed by atoms with Gasteiger partial charge < -0.3 is 15.2 Å². The molecule has 0 radical (unpaired) electrons. The second kappa shape index (κ2) is 6.87. The third kappa shape index (κ3) is 3.59. The van der Waals surface area contributed by atoms with Gasteiger partial charge in [0.25, 0.3) is 0 Å². The largest absolute Gasteiger partial charge is 0.405 e. The first-order valence-corrected chi connectivity index (χ1v) is 9.13. The Morgan fingerprint density at radius 3 is 2.86 bits per heavy atom. The van der Waals surface area contributed by atoms with Crippen LogP contribution in [0, 0.1) is 0 Å². The summed E-state index contributed by atoms with van der Waals surface area (Å²) in [7, 11) is 0. The molecular weight excluding hydrogens is 409 g/mol. The van der Waals surface area contributed by atoms with Gasteiger partial charge in [-0.1, -0.05) is 11.6 Å². The van der Waals surface area contributed by atoms with Crippen molar-refractivity contribution < 1.29 is 18.0 Å². The monoisotopic (exact) mass is 424 g/mol. The van der Waals surface area contributed by atoms with E-state index in [1.54, 1.807) is 30.3 Å². The van der Waals surface area contributed by atoms with Crippen LogP contribution in [0.5, 0.6) is 0 Å². The number of rotatable bonds is 4. The van der Waals surface area contributed by atoms with E-state index >= 15 is 0 Å². The number of carbonyl (C=O) groups is 1.